The van der Waals surface area contributed by atoms with Crippen LogP contribution in [0.25, 0.3) is 0 Å². The van der Waals surface area contributed by atoms with Gasteiger partial charge in [-0.15, -0.1) is 0 Å². The minimum atomic E-state index is -0.464. The SMILES string of the molecule is CC(C)(C)CC(CN)C(=O)Nc1c(F)cccc1Br. The lowest BCUT2D eigenvalue weighted by Gasteiger charge is -2.24. The summed E-state index contributed by atoms with van der Waals surface area (Å²) in [7, 11) is 0. The Labute approximate surface area is 121 Å². The van der Waals surface area contributed by atoms with Crippen molar-refractivity contribution in [2.75, 3.05) is 11.9 Å². The quantitative estimate of drug-likeness (QED) is 0.887. The normalized spacial score (nSPS) is 13.2. The van der Waals surface area contributed by atoms with Crippen LogP contribution in [0, 0.1) is 17.2 Å². The molecule has 3 N–H and O–H groups in total. The highest BCUT2D eigenvalue weighted by atomic mass is 79.9. The van der Waals surface area contributed by atoms with E-state index in [9.17, 15) is 9.18 Å². The first-order valence-electron chi connectivity index (χ1n) is 6.19. The molecule has 5 heteroatoms. The average molecular weight is 331 g/mol. The maximum Gasteiger partial charge on any atom is 0.228 e. The Bertz CT molecular complexity index is 437. The Kier molecular flexibility index (Phi) is 5.50. The molecule has 0 saturated heterocycles. The van der Waals surface area contributed by atoms with Crippen molar-refractivity contribution in [3.63, 3.8) is 0 Å². The fourth-order valence-corrected chi connectivity index (χ4v) is 2.31. The van der Waals surface area contributed by atoms with Gasteiger partial charge in [-0.25, -0.2) is 4.39 Å². The Morgan fingerprint density at radius 1 is 1.47 bits per heavy atom. The molecule has 0 aromatic heterocycles. The van der Waals surface area contributed by atoms with Crippen molar-refractivity contribution in [1.29, 1.82) is 0 Å². The van der Waals surface area contributed by atoms with Gasteiger partial charge in [0.1, 0.15) is 5.82 Å². The highest BCUT2D eigenvalue weighted by Gasteiger charge is 2.24. The summed E-state index contributed by atoms with van der Waals surface area (Å²) in [6.45, 7) is 6.38. The van der Waals surface area contributed by atoms with Crippen LogP contribution in [0.3, 0.4) is 0 Å². The third-order valence-corrected chi connectivity index (χ3v) is 3.39. The van der Waals surface area contributed by atoms with Crippen LogP contribution >= 0.6 is 15.9 Å². The molecular formula is C14H20BrFN2O. The first-order chi connectivity index (χ1) is 8.74. The standard InChI is InChI=1S/C14H20BrFN2O/c1-14(2,3)7-9(8-17)13(19)18-12-10(15)5-4-6-11(12)16/h4-6,9H,7-8,17H2,1-3H3,(H,18,19). The van der Waals surface area contributed by atoms with E-state index in [0.29, 0.717) is 10.9 Å². The lowest BCUT2D eigenvalue weighted by atomic mass is 9.84. The van der Waals surface area contributed by atoms with E-state index >= 15 is 0 Å². The van der Waals surface area contributed by atoms with E-state index in [1.807, 2.05) is 20.8 Å². The molecule has 0 aliphatic carbocycles. The number of amides is 1. The highest BCUT2D eigenvalue weighted by molar-refractivity contribution is 9.10. The summed E-state index contributed by atoms with van der Waals surface area (Å²) in [5.74, 6) is -1.04. The molecule has 0 bridgehead atoms. The average Bonchev–Trinajstić information content (AvgIpc) is 2.29. The molecule has 1 aromatic rings. The van der Waals surface area contributed by atoms with Gasteiger partial charge in [-0.3, -0.25) is 4.79 Å². The number of nitrogens with two attached hydrogens (primary N) is 1. The van der Waals surface area contributed by atoms with Gasteiger partial charge in [0.25, 0.3) is 0 Å². The number of carbonyl (C=O) groups is 1. The lowest BCUT2D eigenvalue weighted by molar-refractivity contribution is -0.120. The Hall–Kier alpha value is -0.940. The zero-order valence-corrected chi connectivity index (χ0v) is 13.1. The van der Waals surface area contributed by atoms with Crippen LogP contribution in [-0.4, -0.2) is 12.5 Å². The molecule has 3 nitrogen and oxygen atoms in total. The summed E-state index contributed by atoms with van der Waals surface area (Å²) in [5, 5.41) is 2.61. The van der Waals surface area contributed by atoms with Crippen LogP contribution in [0.15, 0.2) is 22.7 Å². The molecule has 0 aliphatic heterocycles. The number of rotatable bonds is 4. The molecule has 0 spiro atoms. The summed E-state index contributed by atoms with van der Waals surface area (Å²) in [5.41, 5.74) is 5.80. The van der Waals surface area contributed by atoms with Gasteiger partial charge in [-0.1, -0.05) is 26.8 Å². The summed E-state index contributed by atoms with van der Waals surface area (Å²) in [6, 6.07) is 4.56. The van der Waals surface area contributed by atoms with E-state index < -0.39 is 5.82 Å². The van der Waals surface area contributed by atoms with Crippen LogP contribution in [-0.2, 0) is 4.79 Å². The summed E-state index contributed by atoms with van der Waals surface area (Å²) in [4.78, 5) is 12.1. The molecule has 0 saturated carbocycles. The second kappa shape index (κ2) is 6.48. The Balaban J connectivity index is 2.83. The maximum atomic E-state index is 13.6. The predicted molar refractivity (Wildman–Crippen MR) is 79.3 cm³/mol. The largest absolute Gasteiger partial charge is 0.330 e. The van der Waals surface area contributed by atoms with Crippen LogP contribution < -0.4 is 11.1 Å². The van der Waals surface area contributed by atoms with Crippen LogP contribution in [0.5, 0.6) is 0 Å². The summed E-state index contributed by atoms with van der Waals surface area (Å²) >= 11 is 3.22. The molecule has 1 rings (SSSR count). The second-order valence-electron chi connectivity index (χ2n) is 5.78. The van der Waals surface area contributed by atoms with Gasteiger partial charge in [0.2, 0.25) is 5.91 Å². The monoisotopic (exact) mass is 330 g/mol. The Morgan fingerprint density at radius 2 is 2.11 bits per heavy atom. The molecule has 106 valence electrons. The van der Waals surface area contributed by atoms with Crippen LogP contribution in [0.4, 0.5) is 10.1 Å². The molecule has 19 heavy (non-hydrogen) atoms. The zero-order chi connectivity index (χ0) is 14.6. The number of nitrogens with one attached hydrogen (secondary N) is 1. The van der Waals surface area contributed by atoms with E-state index in [0.717, 1.165) is 0 Å². The lowest BCUT2D eigenvalue weighted by Crippen LogP contribution is -2.32. The first kappa shape index (κ1) is 16.1. The smallest absolute Gasteiger partial charge is 0.228 e. The van der Waals surface area contributed by atoms with Crippen LogP contribution in [0.2, 0.25) is 0 Å². The molecule has 1 aromatic carbocycles. The number of benzene rings is 1. The van der Waals surface area contributed by atoms with Gasteiger partial charge in [0.05, 0.1) is 11.6 Å². The zero-order valence-electron chi connectivity index (χ0n) is 11.5. The van der Waals surface area contributed by atoms with Crippen LogP contribution in [0.1, 0.15) is 27.2 Å². The van der Waals surface area contributed by atoms with Crippen molar-refractivity contribution < 1.29 is 9.18 Å². The first-order valence-corrected chi connectivity index (χ1v) is 6.99. The molecule has 1 atom stereocenters. The van der Waals surface area contributed by atoms with Gasteiger partial charge < -0.3 is 11.1 Å². The van der Waals surface area contributed by atoms with Gasteiger partial charge >= 0.3 is 0 Å². The van der Waals surface area contributed by atoms with E-state index in [-0.39, 0.29) is 29.5 Å². The number of halogens is 2. The van der Waals surface area contributed by atoms with E-state index in [4.69, 9.17) is 5.73 Å². The van der Waals surface area contributed by atoms with Crippen molar-refractivity contribution in [3.05, 3.63) is 28.5 Å². The number of anilines is 1. The second-order valence-corrected chi connectivity index (χ2v) is 6.64. The van der Waals surface area contributed by atoms with Gasteiger partial charge in [-0.05, 0) is 39.9 Å². The molecule has 0 fully saturated rings. The number of para-hydroxylation sites is 1. The van der Waals surface area contributed by atoms with Crippen molar-refractivity contribution in [2.24, 2.45) is 17.1 Å². The van der Waals surface area contributed by atoms with E-state index in [1.54, 1.807) is 12.1 Å². The fraction of sp³-hybridized carbons (Fsp3) is 0.500. The third-order valence-electron chi connectivity index (χ3n) is 2.73. The van der Waals surface area contributed by atoms with E-state index in [2.05, 4.69) is 21.2 Å². The minimum absolute atomic E-state index is 0.00611. The number of hydrogen-bond acceptors (Lipinski definition) is 2. The molecular weight excluding hydrogens is 311 g/mol. The maximum absolute atomic E-state index is 13.6. The van der Waals surface area contributed by atoms with Gasteiger partial charge in [0, 0.05) is 11.0 Å². The van der Waals surface area contributed by atoms with Crippen molar-refractivity contribution >= 4 is 27.5 Å². The fourth-order valence-electron chi connectivity index (χ4n) is 1.86. The topological polar surface area (TPSA) is 55.1 Å². The van der Waals surface area contributed by atoms with Crippen molar-refractivity contribution in [1.82, 2.24) is 0 Å². The molecule has 0 aliphatic rings. The van der Waals surface area contributed by atoms with E-state index in [1.165, 1.54) is 6.07 Å². The predicted octanol–water partition coefficient (Wildman–Crippen LogP) is 3.54. The highest BCUT2D eigenvalue weighted by Crippen LogP contribution is 2.28. The number of hydrogen-bond donors (Lipinski definition) is 2. The number of carbonyl (C=O) groups excluding carboxylic acids is 1. The molecule has 0 heterocycles. The van der Waals surface area contributed by atoms with Gasteiger partial charge in [0.15, 0.2) is 0 Å². The Morgan fingerprint density at radius 3 is 2.58 bits per heavy atom. The molecule has 0 radical (unpaired) electrons. The van der Waals surface area contributed by atoms with Crippen molar-refractivity contribution in [3.8, 4) is 0 Å². The summed E-state index contributed by atoms with van der Waals surface area (Å²) in [6.07, 6.45) is 0.654. The van der Waals surface area contributed by atoms with Crippen molar-refractivity contribution in [2.45, 2.75) is 27.2 Å². The molecule has 1 amide bonds. The third kappa shape index (κ3) is 4.91. The minimum Gasteiger partial charge on any atom is -0.330 e. The summed E-state index contributed by atoms with van der Waals surface area (Å²) < 4.78 is 14.2. The van der Waals surface area contributed by atoms with Gasteiger partial charge in [-0.2, -0.15) is 0 Å². The molecule has 1 unspecified atom stereocenters.